The van der Waals surface area contributed by atoms with Crippen LogP contribution in [0, 0.1) is 20.8 Å². The van der Waals surface area contributed by atoms with Crippen molar-refractivity contribution in [3.63, 3.8) is 0 Å². The highest BCUT2D eigenvalue weighted by atomic mass is 35.5. The van der Waals surface area contributed by atoms with Gasteiger partial charge in [0.15, 0.2) is 0 Å². The quantitative estimate of drug-likeness (QED) is 0.566. The molecule has 2 N–H and O–H groups in total. The molecular formula is C20H19ClN2O3S2. The topological polar surface area (TPSA) is 75.3 Å². The molecule has 0 aliphatic heterocycles. The first-order valence-electron chi connectivity index (χ1n) is 8.42. The number of aryl methyl sites for hydroxylation is 3. The Morgan fingerprint density at radius 1 is 1.04 bits per heavy atom. The molecule has 5 nitrogen and oxygen atoms in total. The van der Waals surface area contributed by atoms with Gasteiger partial charge >= 0.3 is 0 Å². The summed E-state index contributed by atoms with van der Waals surface area (Å²) < 4.78 is 28.5. The molecule has 0 fully saturated rings. The van der Waals surface area contributed by atoms with E-state index in [1.165, 1.54) is 0 Å². The number of anilines is 2. The van der Waals surface area contributed by atoms with Gasteiger partial charge in [0.1, 0.15) is 4.88 Å². The van der Waals surface area contributed by atoms with Gasteiger partial charge in [-0.1, -0.05) is 35.4 Å². The van der Waals surface area contributed by atoms with Gasteiger partial charge in [0, 0.05) is 10.7 Å². The summed E-state index contributed by atoms with van der Waals surface area (Å²) >= 11 is 7.10. The zero-order valence-electron chi connectivity index (χ0n) is 15.5. The monoisotopic (exact) mass is 434 g/mol. The van der Waals surface area contributed by atoms with E-state index in [0.29, 0.717) is 21.8 Å². The third-order valence-electron chi connectivity index (χ3n) is 4.07. The first kappa shape index (κ1) is 20.4. The molecule has 0 saturated heterocycles. The van der Waals surface area contributed by atoms with E-state index in [1.54, 1.807) is 49.6 Å². The molecule has 2 aromatic carbocycles. The Morgan fingerprint density at radius 3 is 2.36 bits per heavy atom. The average Bonchev–Trinajstić information content (AvgIpc) is 3.00. The molecule has 3 rings (SSSR count). The Labute approximate surface area is 173 Å². The highest BCUT2D eigenvalue weighted by molar-refractivity contribution is 7.92. The maximum absolute atomic E-state index is 13.0. The van der Waals surface area contributed by atoms with Crippen LogP contribution in [0.3, 0.4) is 0 Å². The van der Waals surface area contributed by atoms with Crippen LogP contribution in [0.5, 0.6) is 0 Å². The van der Waals surface area contributed by atoms with Gasteiger partial charge in [0.2, 0.25) is 0 Å². The van der Waals surface area contributed by atoms with Crippen molar-refractivity contribution >= 4 is 50.2 Å². The third kappa shape index (κ3) is 4.38. The highest BCUT2D eigenvalue weighted by Gasteiger charge is 2.23. The smallest absolute Gasteiger partial charge is 0.267 e. The van der Waals surface area contributed by atoms with Crippen molar-refractivity contribution in [2.45, 2.75) is 25.7 Å². The van der Waals surface area contributed by atoms with Gasteiger partial charge in [-0.25, -0.2) is 8.42 Å². The zero-order valence-corrected chi connectivity index (χ0v) is 17.9. The number of hydrogen-bond acceptors (Lipinski definition) is 4. The number of benzene rings is 2. The number of thiophene rings is 1. The average molecular weight is 435 g/mol. The first-order valence-corrected chi connectivity index (χ1v) is 11.2. The predicted octanol–water partition coefficient (Wildman–Crippen LogP) is 5.38. The van der Waals surface area contributed by atoms with Crippen LogP contribution >= 0.6 is 22.9 Å². The fourth-order valence-electron chi connectivity index (χ4n) is 3.11. The maximum Gasteiger partial charge on any atom is 0.267 e. The second-order valence-electron chi connectivity index (χ2n) is 6.46. The molecule has 0 aliphatic rings. The van der Waals surface area contributed by atoms with Crippen LogP contribution in [0.4, 0.5) is 11.4 Å². The molecule has 0 saturated carbocycles. The van der Waals surface area contributed by atoms with Crippen LogP contribution in [0.25, 0.3) is 0 Å². The molecule has 0 atom stereocenters. The molecule has 0 spiro atoms. The van der Waals surface area contributed by atoms with Crippen molar-refractivity contribution in [2.75, 3.05) is 10.0 Å². The van der Waals surface area contributed by atoms with E-state index in [0.717, 1.165) is 16.9 Å². The minimum Gasteiger partial charge on any atom is -0.321 e. The van der Waals surface area contributed by atoms with E-state index < -0.39 is 15.9 Å². The molecule has 0 aliphatic carbocycles. The predicted molar refractivity (Wildman–Crippen MR) is 115 cm³/mol. The molecule has 1 heterocycles. The summed E-state index contributed by atoms with van der Waals surface area (Å²) in [6.07, 6.45) is 0. The van der Waals surface area contributed by atoms with E-state index in [1.807, 2.05) is 19.1 Å². The molecule has 0 bridgehead atoms. The normalized spacial score (nSPS) is 11.3. The standard InChI is InChI=1S/C20H19ClN2O3S2/c1-12-9-13(2)19(14(3)10-12)28(25,26)23-17-7-8-27-18(17)20(24)22-16-6-4-5-15(21)11-16/h4-11,23H,1-3H3,(H,22,24). The lowest BCUT2D eigenvalue weighted by molar-refractivity contribution is 0.103. The van der Waals surface area contributed by atoms with Crippen LogP contribution in [0.15, 0.2) is 52.7 Å². The van der Waals surface area contributed by atoms with Crippen LogP contribution in [0.1, 0.15) is 26.4 Å². The molecular weight excluding hydrogens is 416 g/mol. The fraction of sp³-hybridized carbons (Fsp3) is 0.150. The number of carbonyl (C=O) groups excluding carboxylic acids is 1. The van der Waals surface area contributed by atoms with Gasteiger partial charge in [-0.2, -0.15) is 0 Å². The molecule has 1 aromatic heterocycles. The SMILES string of the molecule is Cc1cc(C)c(S(=O)(=O)Nc2ccsc2C(=O)Nc2cccc(Cl)c2)c(C)c1. The lowest BCUT2D eigenvalue weighted by Gasteiger charge is -2.14. The number of rotatable bonds is 5. The highest BCUT2D eigenvalue weighted by Crippen LogP contribution is 2.29. The van der Waals surface area contributed by atoms with Crippen LogP contribution < -0.4 is 10.0 Å². The molecule has 1 amide bonds. The van der Waals surface area contributed by atoms with Gasteiger partial charge in [0.05, 0.1) is 10.6 Å². The zero-order chi connectivity index (χ0) is 20.5. The van der Waals surface area contributed by atoms with Gasteiger partial charge < -0.3 is 5.32 Å². The van der Waals surface area contributed by atoms with Gasteiger partial charge in [-0.05, 0) is 61.5 Å². The van der Waals surface area contributed by atoms with Crippen LogP contribution in [-0.2, 0) is 10.0 Å². The van der Waals surface area contributed by atoms with Crippen LogP contribution in [0.2, 0.25) is 5.02 Å². The summed E-state index contributed by atoms with van der Waals surface area (Å²) in [5.41, 5.74) is 3.08. The van der Waals surface area contributed by atoms with E-state index in [2.05, 4.69) is 10.0 Å². The largest absolute Gasteiger partial charge is 0.321 e. The lowest BCUT2D eigenvalue weighted by atomic mass is 10.1. The number of sulfonamides is 1. The summed E-state index contributed by atoms with van der Waals surface area (Å²) in [5.74, 6) is -0.410. The Balaban J connectivity index is 1.89. The summed E-state index contributed by atoms with van der Waals surface area (Å²) in [7, 11) is -3.84. The van der Waals surface area contributed by atoms with Gasteiger partial charge in [0.25, 0.3) is 15.9 Å². The number of nitrogens with one attached hydrogen (secondary N) is 2. The molecule has 28 heavy (non-hydrogen) atoms. The van der Waals surface area contributed by atoms with E-state index in [4.69, 9.17) is 11.6 Å². The summed E-state index contributed by atoms with van der Waals surface area (Å²) in [4.78, 5) is 13.1. The second-order valence-corrected chi connectivity index (χ2v) is 9.43. The number of amides is 1. The Hall–Kier alpha value is -2.35. The Kier molecular flexibility index (Phi) is 5.79. The van der Waals surface area contributed by atoms with Crippen molar-refractivity contribution in [3.05, 3.63) is 74.4 Å². The molecule has 3 aromatic rings. The minimum atomic E-state index is -3.84. The molecule has 8 heteroatoms. The molecule has 0 unspecified atom stereocenters. The van der Waals surface area contributed by atoms with E-state index in [-0.39, 0.29) is 15.5 Å². The van der Waals surface area contributed by atoms with E-state index >= 15 is 0 Å². The Bertz CT molecular complexity index is 1130. The maximum atomic E-state index is 13.0. The van der Waals surface area contributed by atoms with E-state index in [9.17, 15) is 13.2 Å². The first-order chi connectivity index (χ1) is 13.2. The van der Waals surface area contributed by atoms with Crippen molar-refractivity contribution in [3.8, 4) is 0 Å². The number of carbonyl (C=O) groups is 1. The minimum absolute atomic E-state index is 0.227. The second kappa shape index (κ2) is 7.95. The van der Waals surface area contributed by atoms with Crippen molar-refractivity contribution in [2.24, 2.45) is 0 Å². The Morgan fingerprint density at radius 2 is 1.71 bits per heavy atom. The van der Waals surface area contributed by atoms with Crippen molar-refractivity contribution in [1.82, 2.24) is 0 Å². The molecule has 0 radical (unpaired) electrons. The van der Waals surface area contributed by atoms with Crippen molar-refractivity contribution in [1.29, 1.82) is 0 Å². The molecule has 146 valence electrons. The summed E-state index contributed by atoms with van der Waals surface area (Å²) in [5, 5.41) is 4.90. The fourth-order valence-corrected chi connectivity index (χ4v) is 5.63. The number of hydrogen-bond donors (Lipinski definition) is 2. The van der Waals surface area contributed by atoms with Crippen molar-refractivity contribution < 1.29 is 13.2 Å². The summed E-state index contributed by atoms with van der Waals surface area (Å²) in [6, 6.07) is 12.0. The lowest BCUT2D eigenvalue weighted by Crippen LogP contribution is -2.18. The third-order valence-corrected chi connectivity index (χ3v) is 6.89. The van der Waals surface area contributed by atoms with Gasteiger partial charge in [-0.3, -0.25) is 9.52 Å². The number of halogens is 1. The summed E-state index contributed by atoms with van der Waals surface area (Å²) in [6.45, 7) is 5.44. The van der Waals surface area contributed by atoms with Crippen LogP contribution in [-0.4, -0.2) is 14.3 Å². The van der Waals surface area contributed by atoms with Gasteiger partial charge in [-0.15, -0.1) is 11.3 Å².